The molecule has 3 nitrogen and oxygen atoms in total. The Morgan fingerprint density at radius 1 is 1.00 bits per heavy atom. The average molecular weight is 353 g/mol. The molecule has 0 aromatic heterocycles. The fraction of sp³-hybridized carbons (Fsp3) is 0.333. The number of nitrogens with one attached hydrogen (secondary N) is 1. The molecular formula is C21H23NO2S. The summed E-state index contributed by atoms with van der Waals surface area (Å²) in [7, 11) is -3.48. The topological polar surface area (TPSA) is 46.2 Å². The molecule has 0 amide bonds. The number of benzene rings is 2. The van der Waals surface area contributed by atoms with Gasteiger partial charge in [-0.3, -0.25) is 0 Å². The highest BCUT2D eigenvalue weighted by molar-refractivity contribution is 7.93. The van der Waals surface area contributed by atoms with Crippen LogP contribution in [0.4, 0.5) is 0 Å². The summed E-state index contributed by atoms with van der Waals surface area (Å²) in [5, 5.41) is 0. The van der Waals surface area contributed by atoms with Crippen LogP contribution in [0.15, 0.2) is 53.4 Å². The van der Waals surface area contributed by atoms with E-state index in [1.807, 2.05) is 43.3 Å². The lowest BCUT2D eigenvalue weighted by Crippen LogP contribution is -2.31. The number of rotatable bonds is 5. The summed E-state index contributed by atoms with van der Waals surface area (Å²) in [5.74, 6) is 0.411. The van der Waals surface area contributed by atoms with Crippen molar-refractivity contribution in [3.63, 3.8) is 0 Å². The largest absolute Gasteiger partial charge is 0.237 e. The minimum absolute atomic E-state index is 0.122. The smallest absolute Gasteiger partial charge is 0.207 e. The van der Waals surface area contributed by atoms with Gasteiger partial charge < -0.3 is 0 Å². The summed E-state index contributed by atoms with van der Waals surface area (Å²) in [5.41, 5.74) is 4.49. The van der Waals surface area contributed by atoms with E-state index >= 15 is 0 Å². The van der Waals surface area contributed by atoms with Crippen molar-refractivity contribution in [2.45, 2.75) is 38.6 Å². The van der Waals surface area contributed by atoms with Crippen LogP contribution in [0.1, 0.15) is 47.6 Å². The predicted octanol–water partition coefficient (Wildman–Crippen LogP) is 4.35. The summed E-state index contributed by atoms with van der Waals surface area (Å²) in [6, 6.07) is 16.1. The third kappa shape index (κ3) is 3.55. The molecule has 1 atom stereocenters. The number of allylic oxidation sites excluding steroid dienone is 1. The Kier molecular flexibility index (Phi) is 4.26. The summed E-state index contributed by atoms with van der Waals surface area (Å²) < 4.78 is 29.0. The molecule has 1 N–H and O–H groups in total. The molecule has 0 spiro atoms. The minimum Gasteiger partial charge on any atom is -0.207 e. The van der Waals surface area contributed by atoms with E-state index in [1.54, 1.807) is 0 Å². The molecule has 130 valence electrons. The lowest BCUT2D eigenvalue weighted by Gasteiger charge is -2.22. The van der Waals surface area contributed by atoms with E-state index < -0.39 is 10.0 Å². The van der Waals surface area contributed by atoms with E-state index in [0.717, 1.165) is 30.4 Å². The first kappa shape index (κ1) is 16.6. The Labute approximate surface area is 149 Å². The van der Waals surface area contributed by atoms with Crippen LogP contribution in [0.5, 0.6) is 0 Å². The summed E-state index contributed by atoms with van der Waals surface area (Å²) in [6.45, 7) is 2.05. The van der Waals surface area contributed by atoms with Gasteiger partial charge in [0.1, 0.15) is 0 Å². The number of hydrogen-bond acceptors (Lipinski definition) is 2. The highest BCUT2D eigenvalue weighted by atomic mass is 32.2. The maximum Gasteiger partial charge on any atom is 0.237 e. The van der Waals surface area contributed by atoms with Crippen molar-refractivity contribution < 1.29 is 8.42 Å². The molecule has 0 saturated heterocycles. The maximum absolute atomic E-state index is 13.0. The van der Waals surface area contributed by atoms with Gasteiger partial charge in [0.2, 0.25) is 10.0 Å². The highest BCUT2D eigenvalue weighted by Gasteiger charge is 2.36. The molecule has 0 heterocycles. The van der Waals surface area contributed by atoms with Crippen LogP contribution in [0.2, 0.25) is 0 Å². The molecule has 4 rings (SSSR count). The van der Waals surface area contributed by atoms with Crippen LogP contribution < -0.4 is 4.72 Å². The molecule has 25 heavy (non-hydrogen) atoms. The van der Waals surface area contributed by atoms with E-state index in [2.05, 4.69) is 22.9 Å². The molecule has 2 aromatic carbocycles. The van der Waals surface area contributed by atoms with Gasteiger partial charge in [-0.05, 0) is 61.3 Å². The first-order chi connectivity index (χ1) is 12.0. The van der Waals surface area contributed by atoms with Gasteiger partial charge in [-0.2, -0.15) is 0 Å². The zero-order chi connectivity index (χ0) is 17.4. The van der Waals surface area contributed by atoms with E-state index in [4.69, 9.17) is 0 Å². The van der Waals surface area contributed by atoms with E-state index in [-0.39, 0.29) is 6.04 Å². The molecule has 2 aliphatic rings. The Hall–Kier alpha value is -1.91. The Morgan fingerprint density at radius 2 is 1.72 bits per heavy atom. The van der Waals surface area contributed by atoms with Gasteiger partial charge in [0.05, 0.1) is 4.91 Å². The molecule has 1 unspecified atom stereocenters. The van der Waals surface area contributed by atoms with E-state index in [9.17, 15) is 8.42 Å². The normalized spacial score (nSPS) is 18.4. The van der Waals surface area contributed by atoms with Gasteiger partial charge in [-0.1, -0.05) is 54.1 Å². The second-order valence-electron chi connectivity index (χ2n) is 7.16. The minimum atomic E-state index is -3.48. The molecule has 2 aromatic rings. The zero-order valence-electron chi connectivity index (χ0n) is 14.4. The fourth-order valence-corrected chi connectivity index (χ4v) is 4.97. The van der Waals surface area contributed by atoms with Crippen LogP contribution in [-0.2, 0) is 16.4 Å². The van der Waals surface area contributed by atoms with Gasteiger partial charge in [0, 0.05) is 6.04 Å². The van der Waals surface area contributed by atoms with Gasteiger partial charge in [-0.15, -0.1) is 0 Å². The van der Waals surface area contributed by atoms with Crippen molar-refractivity contribution in [3.05, 3.63) is 75.7 Å². The van der Waals surface area contributed by atoms with Crippen LogP contribution in [-0.4, -0.2) is 8.42 Å². The first-order valence-electron chi connectivity index (χ1n) is 8.90. The van der Waals surface area contributed by atoms with Gasteiger partial charge in [0.15, 0.2) is 0 Å². The second-order valence-corrected chi connectivity index (χ2v) is 8.92. The quantitative estimate of drug-likeness (QED) is 0.868. The molecule has 0 radical (unpaired) electrons. The predicted molar refractivity (Wildman–Crippen MR) is 101 cm³/mol. The summed E-state index contributed by atoms with van der Waals surface area (Å²) in [4.78, 5) is 0.504. The third-order valence-corrected chi connectivity index (χ3v) is 6.75. The molecule has 0 aliphatic heterocycles. The van der Waals surface area contributed by atoms with Crippen molar-refractivity contribution in [1.82, 2.24) is 4.72 Å². The van der Waals surface area contributed by atoms with Gasteiger partial charge in [0.25, 0.3) is 0 Å². The Bertz CT molecular complexity index is 909. The van der Waals surface area contributed by atoms with Crippen molar-refractivity contribution >= 4 is 16.1 Å². The van der Waals surface area contributed by atoms with Crippen molar-refractivity contribution in [2.75, 3.05) is 0 Å². The van der Waals surface area contributed by atoms with Crippen molar-refractivity contribution in [2.24, 2.45) is 5.92 Å². The number of aryl methyl sites for hydroxylation is 2. The van der Waals surface area contributed by atoms with E-state index in [0.29, 0.717) is 17.2 Å². The second kappa shape index (κ2) is 6.43. The number of hydrogen-bond donors (Lipinski definition) is 1. The lowest BCUT2D eigenvalue weighted by molar-refractivity contribution is 0.532. The SMILES string of the molecule is Cc1ccc(C(NS(=O)(=O)C2=Cc3ccccc3CC2)C2CC2)cc1. The zero-order valence-corrected chi connectivity index (χ0v) is 15.2. The Morgan fingerprint density at radius 3 is 2.44 bits per heavy atom. The lowest BCUT2D eigenvalue weighted by atomic mass is 9.98. The monoisotopic (exact) mass is 353 g/mol. The highest BCUT2D eigenvalue weighted by Crippen LogP contribution is 2.42. The molecule has 1 saturated carbocycles. The Balaban J connectivity index is 1.62. The van der Waals surface area contributed by atoms with Crippen molar-refractivity contribution in [3.8, 4) is 0 Å². The van der Waals surface area contributed by atoms with E-state index in [1.165, 1.54) is 11.1 Å². The van der Waals surface area contributed by atoms with Gasteiger partial charge in [-0.25, -0.2) is 13.1 Å². The summed E-state index contributed by atoms with van der Waals surface area (Å²) in [6.07, 6.45) is 5.35. The third-order valence-electron chi connectivity index (χ3n) is 5.17. The molecule has 1 fully saturated rings. The van der Waals surface area contributed by atoms with Crippen LogP contribution in [0.25, 0.3) is 6.08 Å². The number of fused-ring (bicyclic) bond motifs is 1. The molecule has 2 aliphatic carbocycles. The fourth-order valence-electron chi connectivity index (χ4n) is 3.50. The first-order valence-corrected chi connectivity index (χ1v) is 10.4. The van der Waals surface area contributed by atoms with Crippen LogP contribution in [0.3, 0.4) is 0 Å². The molecule has 0 bridgehead atoms. The van der Waals surface area contributed by atoms with Crippen molar-refractivity contribution in [1.29, 1.82) is 0 Å². The van der Waals surface area contributed by atoms with Gasteiger partial charge >= 0.3 is 0 Å². The van der Waals surface area contributed by atoms with Crippen LogP contribution in [0, 0.1) is 12.8 Å². The standard InChI is InChI=1S/C21H23NO2S/c1-15-6-8-17(9-7-15)21(18-10-11-18)22-25(23,24)20-13-12-16-4-2-3-5-19(16)14-20/h2-9,14,18,21-22H,10-13H2,1H3. The number of sulfonamides is 1. The average Bonchev–Trinajstić information content (AvgIpc) is 3.45. The summed E-state index contributed by atoms with van der Waals surface area (Å²) >= 11 is 0. The molecule has 4 heteroatoms. The maximum atomic E-state index is 13.0. The van der Waals surface area contributed by atoms with Crippen LogP contribution >= 0.6 is 0 Å². The molecular weight excluding hydrogens is 330 g/mol.